The van der Waals surface area contributed by atoms with E-state index in [4.69, 9.17) is 67.9 Å². The molecule has 69 heavy (non-hydrogen) atoms. The molecule has 0 aromatic heterocycles. The van der Waals surface area contributed by atoms with E-state index in [2.05, 4.69) is 30.7 Å². The number of nitrogens with two attached hydrogens (primary N) is 2. The van der Waals surface area contributed by atoms with E-state index in [9.17, 15) is 9.90 Å². The summed E-state index contributed by atoms with van der Waals surface area (Å²) in [6, 6.07) is 48.8. The molecule has 0 heterocycles. The van der Waals surface area contributed by atoms with Gasteiger partial charge in [0.2, 0.25) is 0 Å². The third kappa shape index (κ3) is 9.11. The number of ketones is 1. The number of fused-ring (bicyclic) bond motifs is 5. The zero-order valence-corrected chi connectivity index (χ0v) is 38.8. The van der Waals surface area contributed by atoms with Crippen LogP contribution < -0.4 is 11.8 Å². The van der Waals surface area contributed by atoms with Crippen LogP contribution in [0.5, 0.6) is 5.75 Å². The molecule has 0 aliphatic heterocycles. The minimum absolute atomic E-state index is 0.159. The van der Waals surface area contributed by atoms with Crippen molar-refractivity contribution in [3.63, 3.8) is 0 Å². The second-order valence-corrected chi connectivity index (χ2v) is 17.6. The summed E-state index contributed by atoms with van der Waals surface area (Å²) in [5.74, 6) is 11.3. The average Bonchev–Trinajstić information content (AvgIpc) is 3.64. The van der Waals surface area contributed by atoms with Crippen molar-refractivity contribution in [3.05, 3.63) is 217 Å². The predicted molar refractivity (Wildman–Crippen MR) is 271 cm³/mol. The Morgan fingerprint density at radius 3 is 1.51 bits per heavy atom. The van der Waals surface area contributed by atoms with Crippen LogP contribution in [0.1, 0.15) is 50.4 Å². The maximum Gasteiger partial charge on any atom is 0.194 e. The van der Waals surface area contributed by atoms with E-state index in [1.54, 1.807) is 78.9 Å². The molecule has 0 radical (unpaired) electrons. The molecular formula is C53H34Cl4N8O4. The van der Waals surface area contributed by atoms with Crippen LogP contribution in [-0.2, 0) is 9.68 Å². The summed E-state index contributed by atoms with van der Waals surface area (Å²) < 4.78 is 0. The highest BCUT2D eigenvalue weighted by Crippen LogP contribution is 2.45. The number of halogens is 4. The quantitative estimate of drug-likeness (QED) is 0.0808. The molecule has 2 unspecified atom stereocenters. The van der Waals surface area contributed by atoms with E-state index in [1.807, 2.05) is 84.9 Å². The van der Waals surface area contributed by atoms with Crippen molar-refractivity contribution < 1.29 is 19.6 Å². The molecule has 0 spiro atoms. The molecule has 10 rings (SSSR count). The highest BCUT2D eigenvalue weighted by atomic mass is 35.5. The number of hydrogen-bond donors (Lipinski definition) is 3. The monoisotopic (exact) mass is 986 g/mol. The molecule has 5 N–H and O–H groups in total. The minimum atomic E-state index is -0.883. The molecule has 9 aromatic rings. The Labute approximate surface area is 414 Å². The minimum Gasteiger partial charge on any atom is -0.505 e. The molecule has 16 heteroatoms. The van der Waals surface area contributed by atoms with E-state index in [-0.39, 0.29) is 17.2 Å². The van der Waals surface area contributed by atoms with Crippen molar-refractivity contribution in [2.45, 2.75) is 12.2 Å². The van der Waals surface area contributed by atoms with Crippen molar-refractivity contribution in [2.24, 2.45) is 42.5 Å². The summed E-state index contributed by atoms with van der Waals surface area (Å²) in [5, 5.41) is 43.2. The Morgan fingerprint density at radius 2 is 0.928 bits per heavy atom. The van der Waals surface area contributed by atoms with E-state index in [1.165, 1.54) is 0 Å². The summed E-state index contributed by atoms with van der Waals surface area (Å²) in [6.07, 6.45) is -1.54. The second kappa shape index (κ2) is 19.4. The Hall–Kier alpha value is -7.23. The number of aromatic hydroxyl groups is 1. The van der Waals surface area contributed by atoms with Gasteiger partial charge in [-0.15, -0.1) is 10.2 Å². The van der Waals surface area contributed by atoms with Crippen LogP contribution in [0.3, 0.4) is 0 Å². The lowest BCUT2D eigenvalue weighted by atomic mass is 9.96. The number of phenolic OH excluding ortho intramolecular Hbond substituents is 1. The first-order valence-corrected chi connectivity index (χ1v) is 22.6. The summed E-state index contributed by atoms with van der Waals surface area (Å²) in [6.45, 7) is 0. The first kappa shape index (κ1) is 45.5. The van der Waals surface area contributed by atoms with Gasteiger partial charge in [-0.05, 0) is 130 Å². The van der Waals surface area contributed by atoms with Gasteiger partial charge in [0.1, 0.15) is 23.6 Å². The molecule has 0 bridgehead atoms. The highest BCUT2D eigenvalue weighted by Gasteiger charge is 2.28. The molecule has 338 valence electrons. The molecule has 12 nitrogen and oxygen atoms in total. The van der Waals surface area contributed by atoms with Gasteiger partial charge >= 0.3 is 0 Å². The number of nitrogens with zero attached hydrogens (tertiary/aromatic N) is 6. The Kier molecular flexibility index (Phi) is 12.8. The molecule has 0 saturated carbocycles. The van der Waals surface area contributed by atoms with Crippen molar-refractivity contribution in [1.29, 1.82) is 0 Å². The van der Waals surface area contributed by atoms with Gasteiger partial charge in [0.15, 0.2) is 5.78 Å². The Bertz CT molecular complexity index is 3610. The van der Waals surface area contributed by atoms with Crippen molar-refractivity contribution in [1.82, 2.24) is 0 Å². The highest BCUT2D eigenvalue weighted by molar-refractivity contribution is 6.42. The number of benzene rings is 9. The summed E-state index contributed by atoms with van der Waals surface area (Å²) in [4.78, 5) is 24.6. The number of azo groups is 3. The number of hydrogen-bond acceptors (Lipinski definition) is 12. The lowest BCUT2D eigenvalue weighted by molar-refractivity contribution is 0.0797. The molecule has 0 amide bonds. The second-order valence-electron chi connectivity index (χ2n) is 15.9. The number of carbonyl (C=O) groups excluding carboxylic acids is 1. The lowest BCUT2D eigenvalue weighted by Crippen LogP contribution is -2.11. The van der Waals surface area contributed by atoms with Crippen LogP contribution in [0, 0.1) is 0 Å². The van der Waals surface area contributed by atoms with Gasteiger partial charge in [0, 0.05) is 27.5 Å². The van der Waals surface area contributed by atoms with Crippen LogP contribution in [0.25, 0.3) is 32.7 Å². The normalized spacial score (nSPS) is 13.3. The first-order valence-electron chi connectivity index (χ1n) is 21.1. The van der Waals surface area contributed by atoms with Gasteiger partial charge in [0.05, 0.1) is 48.5 Å². The predicted octanol–water partition coefficient (Wildman–Crippen LogP) is 16.7. The van der Waals surface area contributed by atoms with Crippen LogP contribution in [0.2, 0.25) is 20.1 Å². The largest absolute Gasteiger partial charge is 0.505 e. The molecule has 1 aliphatic carbocycles. The summed E-state index contributed by atoms with van der Waals surface area (Å²) >= 11 is 24.9. The molecule has 2 atom stereocenters. The van der Waals surface area contributed by atoms with Crippen LogP contribution >= 0.6 is 46.4 Å². The van der Waals surface area contributed by atoms with Crippen molar-refractivity contribution in [2.75, 3.05) is 0 Å². The molecule has 0 saturated heterocycles. The van der Waals surface area contributed by atoms with Crippen LogP contribution in [0.15, 0.2) is 194 Å². The zero-order chi connectivity index (χ0) is 47.8. The summed E-state index contributed by atoms with van der Waals surface area (Å²) in [5.41, 5.74) is 7.81. The third-order valence-corrected chi connectivity index (χ3v) is 13.2. The van der Waals surface area contributed by atoms with Crippen molar-refractivity contribution in [3.8, 4) is 16.9 Å². The smallest absolute Gasteiger partial charge is 0.194 e. The van der Waals surface area contributed by atoms with E-state index in [0.717, 1.165) is 32.8 Å². The Morgan fingerprint density at radius 1 is 0.435 bits per heavy atom. The molecule has 1 aliphatic rings. The third-order valence-electron chi connectivity index (χ3n) is 11.7. The van der Waals surface area contributed by atoms with Crippen molar-refractivity contribution >= 4 is 108 Å². The van der Waals surface area contributed by atoms with Crippen LogP contribution in [-0.4, -0.2) is 10.9 Å². The molecular weight excluding hydrogens is 954 g/mol. The number of rotatable bonds is 12. The Balaban J connectivity index is 0.856. The lowest BCUT2D eigenvalue weighted by Gasteiger charge is -2.19. The number of carbonyl (C=O) groups is 1. The van der Waals surface area contributed by atoms with E-state index < -0.39 is 12.2 Å². The first-order chi connectivity index (χ1) is 33.6. The van der Waals surface area contributed by atoms with Gasteiger partial charge in [0.25, 0.3) is 0 Å². The number of phenols is 1. The van der Waals surface area contributed by atoms with E-state index in [0.29, 0.717) is 81.7 Å². The van der Waals surface area contributed by atoms with Gasteiger partial charge in [-0.1, -0.05) is 119 Å². The maximum absolute atomic E-state index is 13.9. The fourth-order valence-electron chi connectivity index (χ4n) is 8.32. The zero-order valence-electron chi connectivity index (χ0n) is 35.8. The fourth-order valence-corrected chi connectivity index (χ4v) is 8.93. The average molecular weight is 989 g/mol. The van der Waals surface area contributed by atoms with Crippen LogP contribution in [0.4, 0.5) is 34.1 Å². The van der Waals surface area contributed by atoms with Gasteiger partial charge < -0.3 is 5.11 Å². The summed E-state index contributed by atoms with van der Waals surface area (Å²) in [7, 11) is 0. The van der Waals surface area contributed by atoms with Gasteiger partial charge in [-0.2, -0.15) is 20.5 Å². The molecule has 9 aromatic carbocycles. The van der Waals surface area contributed by atoms with Gasteiger partial charge in [-0.3, -0.25) is 14.5 Å². The van der Waals surface area contributed by atoms with Gasteiger partial charge in [-0.25, -0.2) is 11.8 Å². The topological polar surface area (TPSA) is 182 Å². The SMILES string of the molecule is NOC(c1ccc(Cl)c(Cl)c1)c1cc(N=Nc2ccc3c(c2)C(=O)c2cc(N=Nc4ccc(N=Nc5c(O)c(C(ON)c6ccc(Cl)c(Cl)c6)cc6ccccc56)cc4)ccc2-3)c2ccccc2c1. The van der Waals surface area contributed by atoms with E-state index >= 15 is 0 Å². The molecule has 0 fully saturated rings. The maximum atomic E-state index is 13.9. The standard InChI is InChI=1S/C53H34Cl4N8O4/c54-44-19-9-30(23-46(44)56)52(68-58)32-21-28-5-1-3-7-37(28)48(25-32)64-63-36-16-18-40-39-17-15-35(26-41(39)50(66)42(40)27-36)62-60-33-11-13-34(14-12-33)61-65-49-38-8-4-2-6-29(38)22-43(51(49)67)53(69-59)31-10-20-45(55)47(57)24-31/h1-27,52-53,67H,58-59H2. The fraction of sp³-hybridized carbons (Fsp3) is 0.0377.